The van der Waals surface area contributed by atoms with Gasteiger partial charge in [0.15, 0.2) is 5.75 Å². The van der Waals surface area contributed by atoms with Crippen molar-refractivity contribution in [3.63, 3.8) is 0 Å². The van der Waals surface area contributed by atoms with Gasteiger partial charge in [0.05, 0.1) is 29.9 Å². The third-order valence-corrected chi connectivity index (χ3v) is 9.39. The second-order valence-electron chi connectivity index (χ2n) is 10.7. The maximum atomic E-state index is 13.6. The molecule has 0 spiro atoms. The summed E-state index contributed by atoms with van der Waals surface area (Å²) < 4.78 is 77.0. The summed E-state index contributed by atoms with van der Waals surface area (Å²) in [7, 11) is -3.95. The number of benzene rings is 2. The summed E-state index contributed by atoms with van der Waals surface area (Å²) in [6.07, 6.45) is -1.47. The molecule has 3 aromatic rings. The van der Waals surface area contributed by atoms with Crippen LogP contribution in [0.4, 0.5) is 24.5 Å². The quantitative estimate of drug-likeness (QED) is 0.351. The summed E-state index contributed by atoms with van der Waals surface area (Å²) in [5.41, 5.74) is 5.85. The molecule has 2 aromatic carbocycles. The van der Waals surface area contributed by atoms with E-state index in [1.54, 1.807) is 24.3 Å². The van der Waals surface area contributed by atoms with Crippen LogP contribution in [0, 0.1) is 5.41 Å². The van der Waals surface area contributed by atoms with Crippen molar-refractivity contribution in [3.05, 3.63) is 69.6 Å². The highest BCUT2D eigenvalue weighted by Gasteiger charge is 2.39. The van der Waals surface area contributed by atoms with Crippen molar-refractivity contribution < 1.29 is 31.1 Å². The zero-order valence-electron chi connectivity index (χ0n) is 22.6. The van der Waals surface area contributed by atoms with Gasteiger partial charge in [-0.3, -0.25) is 4.79 Å². The van der Waals surface area contributed by atoms with Crippen LogP contribution in [0.3, 0.4) is 0 Å². The highest BCUT2D eigenvalue weighted by atomic mass is 35.5. The molecule has 2 heterocycles. The van der Waals surface area contributed by atoms with Crippen molar-refractivity contribution in [2.45, 2.75) is 31.9 Å². The third kappa shape index (κ3) is 6.76. The molecule has 5 rings (SSSR count). The van der Waals surface area contributed by atoms with Gasteiger partial charge < -0.3 is 20.1 Å². The van der Waals surface area contributed by atoms with Crippen LogP contribution in [0.25, 0.3) is 5.69 Å². The lowest BCUT2D eigenvalue weighted by atomic mass is 10.2. The molecule has 1 saturated carbocycles. The molecule has 1 saturated heterocycles. The second kappa shape index (κ2) is 11.3. The molecular weight excluding hydrogens is 599 g/mol. The van der Waals surface area contributed by atoms with Crippen LogP contribution >= 0.6 is 11.6 Å². The number of nitrogen functional groups attached to an aromatic ring is 1. The molecule has 0 unspecified atom stereocenters. The first-order chi connectivity index (χ1) is 19.7. The van der Waals surface area contributed by atoms with E-state index in [4.69, 9.17) is 22.1 Å². The summed E-state index contributed by atoms with van der Waals surface area (Å²) in [6, 6.07) is 10.3. The zero-order chi connectivity index (χ0) is 30.3. The van der Waals surface area contributed by atoms with Crippen LogP contribution < -0.4 is 25.7 Å². The molecule has 0 bridgehead atoms. The number of alkyl halides is 3. The van der Waals surface area contributed by atoms with Crippen molar-refractivity contribution in [1.82, 2.24) is 14.1 Å². The number of anilines is 2. The average molecular weight is 628 g/mol. The molecule has 42 heavy (non-hydrogen) atoms. The Labute approximate surface area is 245 Å². The molecular formula is C27H29ClF3N5O5S. The van der Waals surface area contributed by atoms with Gasteiger partial charge in [-0.15, -0.1) is 13.2 Å². The standard InChI is InChI=1S/C27H29ClF3N5O5S/c1-26(8-9-26)17-40-24-21(15-33-36(25(24)37)20-6-3-5-19(28)14-20)34-10-12-35(13-11-34)42(38,39)16-18-4-2-7-22(23(18)32)41-27(29,30)31/h2-7,14-15H,8-13,16-17,32H2,1H3. The fraction of sp³-hybridized carbons (Fsp3) is 0.407. The van der Waals surface area contributed by atoms with Crippen LogP contribution in [-0.4, -0.2) is 61.7 Å². The van der Waals surface area contributed by atoms with E-state index < -0.39 is 39.1 Å². The predicted molar refractivity (Wildman–Crippen MR) is 152 cm³/mol. The summed E-state index contributed by atoms with van der Waals surface area (Å²) in [5.74, 6) is -1.14. The number of ether oxygens (including phenoxy) is 2. The Hall–Kier alpha value is -3.49. The molecule has 2 fully saturated rings. The Balaban J connectivity index is 1.34. The normalized spacial score (nSPS) is 17.2. The van der Waals surface area contributed by atoms with Crippen LogP contribution in [0.1, 0.15) is 25.3 Å². The first-order valence-corrected chi connectivity index (χ1v) is 15.1. The van der Waals surface area contributed by atoms with Crippen LogP contribution in [0.5, 0.6) is 11.5 Å². The van der Waals surface area contributed by atoms with Gasteiger partial charge in [0.1, 0.15) is 5.69 Å². The van der Waals surface area contributed by atoms with E-state index >= 15 is 0 Å². The maximum absolute atomic E-state index is 13.6. The Morgan fingerprint density at radius 3 is 2.43 bits per heavy atom. The van der Waals surface area contributed by atoms with E-state index in [1.165, 1.54) is 27.3 Å². The van der Waals surface area contributed by atoms with Crippen LogP contribution in [-0.2, 0) is 15.8 Å². The van der Waals surface area contributed by atoms with Crippen molar-refractivity contribution in [1.29, 1.82) is 0 Å². The van der Waals surface area contributed by atoms with Gasteiger partial charge >= 0.3 is 11.9 Å². The number of sulfonamides is 1. The number of hydrogen-bond acceptors (Lipinski definition) is 8. The minimum atomic E-state index is -4.97. The lowest BCUT2D eigenvalue weighted by molar-refractivity contribution is -0.274. The van der Waals surface area contributed by atoms with Crippen molar-refractivity contribution >= 4 is 33.0 Å². The lowest BCUT2D eigenvalue weighted by Gasteiger charge is -2.36. The van der Waals surface area contributed by atoms with Crippen molar-refractivity contribution in [2.24, 2.45) is 5.41 Å². The SMILES string of the molecule is CC1(COc2c(N3CCN(S(=O)(=O)Cc4cccc(OC(F)(F)F)c4N)CC3)cnn(-c3cccc(Cl)c3)c2=O)CC1. The van der Waals surface area contributed by atoms with Crippen LogP contribution in [0.2, 0.25) is 5.02 Å². The molecule has 1 aliphatic heterocycles. The molecule has 0 atom stereocenters. The zero-order valence-corrected chi connectivity index (χ0v) is 24.2. The molecule has 10 nitrogen and oxygen atoms in total. The number of nitrogens with zero attached hydrogens (tertiary/aromatic N) is 4. The Bertz CT molecular complexity index is 1640. The number of para-hydroxylation sites is 1. The van der Waals surface area contributed by atoms with E-state index in [1.807, 2.05) is 4.90 Å². The smallest absolute Gasteiger partial charge is 0.486 e. The highest BCUT2D eigenvalue weighted by Crippen LogP contribution is 2.45. The maximum Gasteiger partial charge on any atom is 0.573 e. The monoisotopic (exact) mass is 627 g/mol. The topological polar surface area (TPSA) is 120 Å². The minimum Gasteiger partial charge on any atom is -0.486 e. The Morgan fingerprint density at radius 2 is 1.79 bits per heavy atom. The summed E-state index contributed by atoms with van der Waals surface area (Å²) >= 11 is 6.12. The van der Waals surface area contributed by atoms with Gasteiger partial charge in [0.2, 0.25) is 15.8 Å². The number of aromatic nitrogens is 2. The molecule has 15 heteroatoms. The molecule has 0 amide bonds. The van der Waals surface area contributed by atoms with Gasteiger partial charge in [-0.1, -0.05) is 36.7 Å². The van der Waals surface area contributed by atoms with Gasteiger partial charge in [0.25, 0.3) is 0 Å². The van der Waals surface area contributed by atoms with Gasteiger partial charge in [-0.2, -0.15) is 14.1 Å². The van der Waals surface area contributed by atoms with E-state index in [2.05, 4.69) is 16.8 Å². The van der Waals surface area contributed by atoms with E-state index in [0.717, 1.165) is 18.9 Å². The number of rotatable bonds is 9. The second-order valence-corrected chi connectivity index (χ2v) is 13.1. The van der Waals surface area contributed by atoms with E-state index in [-0.39, 0.29) is 42.9 Å². The molecule has 226 valence electrons. The fourth-order valence-corrected chi connectivity index (χ4v) is 6.34. The Morgan fingerprint density at radius 1 is 1.10 bits per heavy atom. The molecule has 2 N–H and O–H groups in total. The first kappa shape index (κ1) is 30.0. The van der Waals surface area contributed by atoms with Gasteiger partial charge in [0, 0.05) is 36.6 Å². The first-order valence-electron chi connectivity index (χ1n) is 13.1. The Kier molecular flexibility index (Phi) is 8.07. The van der Waals surface area contributed by atoms with Crippen LogP contribution in [0.15, 0.2) is 53.5 Å². The highest BCUT2D eigenvalue weighted by molar-refractivity contribution is 7.88. The van der Waals surface area contributed by atoms with E-state index in [0.29, 0.717) is 23.0 Å². The number of piperazine rings is 1. The van der Waals surface area contributed by atoms with Crippen molar-refractivity contribution in [2.75, 3.05) is 43.4 Å². The summed E-state index contributed by atoms with van der Waals surface area (Å²) in [5, 5.41) is 4.78. The number of hydrogen-bond donors (Lipinski definition) is 1. The number of halogens is 4. The minimum absolute atomic E-state index is 0.00253. The number of nitrogens with two attached hydrogens (primary N) is 1. The van der Waals surface area contributed by atoms with Gasteiger partial charge in [-0.25, -0.2) is 8.42 Å². The molecule has 1 aromatic heterocycles. The summed E-state index contributed by atoms with van der Waals surface area (Å²) in [4.78, 5) is 15.4. The third-order valence-electron chi connectivity index (χ3n) is 7.33. The van der Waals surface area contributed by atoms with Crippen molar-refractivity contribution in [3.8, 4) is 17.2 Å². The summed E-state index contributed by atoms with van der Waals surface area (Å²) in [6.45, 7) is 3.00. The molecule has 1 aliphatic carbocycles. The largest absolute Gasteiger partial charge is 0.573 e. The fourth-order valence-electron chi connectivity index (χ4n) is 4.61. The molecule has 2 aliphatic rings. The van der Waals surface area contributed by atoms with E-state index in [9.17, 15) is 26.4 Å². The molecule has 0 radical (unpaired) electrons. The average Bonchev–Trinajstić information content (AvgIpc) is 3.66. The predicted octanol–water partition coefficient (Wildman–Crippen LogP) is 4.20. The lowest BCUT2D eigenvalue weighted by Crippen LogP contribution is -2.49. The van der Waals surface area contributed by atoms with Gasteiger partial charge in [-0.05, 0) is 42.7 Å².